The van der Waals surface area contributed by atoms with Crippen LogP contribution in [0.25, 0.3) is 0 Å². The zero-order valence-corrected chi connectivity index (χ0v) is 19.3. The van der Waals surface area contributed by atoms with Crippen molar-refractivity contribution in [3.05, 3.63) is 64.7 Å². The van der Waals surface area contributed by atoms with Crippen LogP contribution in [0.15, 0.2) is 42.5 Å². The molecule has 0 aromatic heterocycles. The Kier molecular flexibility index (Phi) is 7.45. The van der Waals surface area contributed by atoms with Crippen molar-refractivity contribution in [3.63, 3.8) is 0 Å². The molecule has 0 aliphatic carbocycles. The van der Waals surface area contributed by atoms with Gasteiger partial charge in [0, 0.05) is 18.3 Å². The maximum Gasteiger partial charge on any atom is 0.242 e. The normalized spacial score (nSPS) is 14.5. The average Bonchev–Trinajstić information content (AvgIpc) is 2.71. The van der Waals surface area contributed by atoms with E-state index in [9.17, 15) is 4.79 Å². The smallest absolute Gasteiger partial charge is 0.242 e. The summed E-state index contributed by atoms with van der Waals surface area (Å²) in [5.41, 5.74) is 5.97. The molecule has 3 rings (SSSR count). The number of aryl methyl sites for hydroxylation is 3. The minimum Gasteiger partial charge on any atom is -0.343 e. The van der Waals surface area contributed by atoms with Crippen molar-refractivity contribution in [3.8, 4) is 0 Å². The molecule has 5 nitrogen and oxygen atoms in total. The van der Waals surface area contributed by atoms with Gasteiger partial charge in [-0.2, -0.15) is 0 Å². The van der Waals surface area contributed by atoms with E-state index in [0.717, 1.165) is 44.0 Å². The maximum atomic E-state index is 12.8. The van der Waals surface area contributed by atoms with E-state index in [-0.39, 0.29) is 5.91 Å². The second-order valence-electron chi connectivity index (χ2n) is 8.40. The molecule has 1 heterocycles. The Morgan fingerprint density at radius 1 is 1.10 bits per heavy atom. The van der Waals surface area contributed by atoms with Gasteiger partial charge in [-0.3, -0.25) is 4.79 Å². The topological polar surface area (TPSA) is 40.0 Å². The Morgan fingerprint density at radius 3 is 2.50 bits per heavy atom. The lowest BCUT2D eigenvalue weighted by Crippen LogP contribution is -3.13. The Morgan fingerprint density at radius 2 is 1.80 bits per heavy atom. The molecule has 1 amide bonds. The fourth-order valence-electron chi connectivity index (χ4n) is 3.82. The number of thiocarbonyl (C=S) groups is 1. The first kappa shape index (κ1) is 22.2. The molecule has 1 saturated heterocycles. The lowest BCUT2D eigenvalue weighted by atomic mass is 10.1. The fourth-order valence-corrected chi connectivity index (χ4v) is 3.99. The highest BCUT2D eigenvalue weighted by atomic mass is 32.1. The minimum atomic E-state index is 0.136. The van der Waals surface area contributed by atoms with Gasteiger partial charge in [0.25, 0.3) is 0 Å². The van der Waals surface area contributed by atoms with Gasteiger partial charge >= 0.3 is 0 Å². The van der Waals surface area contributed by atoms with Crippen LogP contribution in [-0.4, -0.2) is 60.6 Å². The second-order valence-corrected chi connectivity index (χ2v) is 8.79. The van der Waals surface area contributed by atoms with Gasteiger partial charge in [0.1, 0.15) is 6.54 Å². The van der Waals surface area contributed by atoms with E-state index in [1.54, 1.807) is 0 Å². The number of quaternary nitrogens is 1. The van der Waals surface area contributed by atoms with Gasteiger partial charge < -0.3 is 20.0 Å². The summed E-state index contributed by atoms with van der Waals surface area (Å²) in [6.07, 6.45) is 0. The number of carbonyl (C=O) groups excluding carboxylic acids is 1. The Hall–Kier alpha value is -2.44. The van der Waals surface area contributed by atoms with Crippen LogP contribution in [0, 0.1) is 20.8 Å². The molecule has 0 saturated carbocycles. The molecular formula is C24H33N4OS+. The number of amides is 1. The Balaban J connectivity index is 1.46. The van der Waals surface area contributed by atoms with Crippen molar-refractivity contribution >= 4 is 28.9 Å². The van der Waals surface area contributed by atoms with Crippen molar-refractivity contribution < 1.29 is 9.69 Å². The summed E-state index contributed by atoms with van der Waals surface area (Å²) in [6.45, 7) is 11.1. The standard InChI is InChI=1S/C24H32N4OS/c1-18-6-5-7-21(14-18)16-27-10-12-28(13-11-27)23(29)17-26(4)24(30)25-22-15-19(2)8-9-20(22)3/h5-9,14-15H,10-13,16-17H2,1-4H3,(H,25,30)/p+1. The predicted molar refractivity (Wildman–Crippen MR) is 127 cm³/mol. The molecule has 6 heteroatoms. The number of benzene rings is 2. The molecule has 1 fully saturated rings. The Labute approximate surface area is 185 Å². The summed E-state index contributed by atoms with van der Waals surface area (Å²) in [5.74, 6) is 0.136. The van der Waals surface area contributed by atoms with Crippen molar-refractivity contribution in [1.82, 2.24) is 9.80 Å². The summed E-state index contributed by atoms with van der Waals surface area (Å²) in [5, 5.41) is 3.85. The van der Waals surface area contributed by atoms with E-state index in [1.165, 1.54) is 21.6 Å². The van der Waals surface area contributed by atoms with Gasteiger partial charge in [-0.25, -0.2) is 0 Å². The third-order valence-electron chi connectivity index (χ3n) is 5.71. The van der Waals surface area contributed by atoms with Crippen LogP contribution in [0.1, 0.15) is 22.3 Å². The van der Waals surface area contributed by atoms with E-state index in [2.05, 4.69) is 61.6 Å². The highest BCUT2D eigenvalue weighted by Crippen LogP contribution is 2.16. The molecule has 2 N–H and O–H groups in total. The number of hydrogen-bond acceptors (Lipinski definition) is 2. The van der Waals surface area contributed by atoms with Crippen LogP contribution in [0.5, 0.6) is 0 Å². The molecule has 0 atom stereocenters. The number of rotatable bonds is 5. The number of hydrogen-bond donors (Lipinski definition) is 2. The summed E-state index contributed by atoms with van der Waals surface area (Å²) in [7, 11) is 1.87. The molecule has 0 unspecified atom stereocenters. The number of anilines is 1. The SMILES string of the molecule is Cc1cccc(C[NH+]2CCN(C(=O)CN(C)C(=S)Nc3cc(C)ccc3C)CC2)c1. The zero-order valence-electron chi connectivity index (χ0n) is 18.5. The van der Waals surface area contributed by atoms with Gasteiger partial charge in [-0.05, 0) is 50.2 Å². The van der Waals surface area contributed by atoms with E-state index in [1.807, 2.05) is 23.8 Å². The first-order valence-corrected chi connectivity index (χ1v) is 11.0. The quantitative estimate of drug-likeness (QED) is 0.721. The van der Waals surface area contributed by atoms with Gasteiger partial charge in [0.15, 0.2) is 5.11 Å². The number of carbonyl (C=O) groups is 1. The Bertz CT molecular complexity index is 906. The number of likely N-dealkylation sites (N-methyl/N-ethyl adjacent to an activating group) is 1. The van der Waals surface area contributed by atoms with Crippen molar-refractivity contribution in [2.45, 2.75) is 27.3 Å². The lowest BCUT2D eigenvalue weighted by molar-refractivity contribution is -0.917. The van der Waals surface area contributed by atoms with E-state index in [4.69, 9.17) is 12.2 Å². The molecule has 2 aromatic rings. The molecule has 160 valence electrons. The van der Waals surface area contributed by atoms with Crippen LogP contribution in [0.4, 0.5) is 5.69 Å². The largest absolute Gasteiger partial charge is 0.343 e. The molecule has 2 aromatic carbocycles. The average molecular weight is 426 g/mol. The maximum absolute atomic E-state index is 12.8. The third-order valence-corrected chi connectivity index (χ3v) is 6.13. The van der Waals surface area contributed by atoms with E-state index in [0.29, 0.717) is 11.7 Å². The van der Waals surface area contributed by atoms with Gasteiger partial charge in [-0.15, -0.1) is 0 Å². The van der Waals surface area contributed by atoms with Crippen LogP contribution in [0.3, 0.4) is 0 Å². The molecular weight excluding hydrogens is 392 g/mol. The summed E-state index contributed by atoms with van der Waals surface area (Å²) in [6, 6.07) is 14.9. The second kappa shape index (κ2) is 10.0. The molecule has 0 bridgehead atoms. The minimum absolute atomic E-state index is 0.136. The molecule has 1 aliphatic heterocycles. The van der Waals surface area contributed by atoms with Crippen molar-refractivity contribution in [2.24, 2.45) is 0 Å². The van der Waals surface area contributed by atoms with E-state index < -0.39 is 0 Å². The first-order chi connectivity index (χ1) is 14.3. The van der Waals surface area contributed by atoms with Crippen LogP contribution in [0.2, 0.25) is 0 Å². The summed E-state index contributed by atoms with van der Waals surface area (Å²) < 4.78 is 0. The monoisotopic (exact) mass is 425 g/mol. The van der Waals surface area contributed by atoms with Gasteiger partial charge in [0.05, 0.1) is 32.7 Å². The summed E-state index contributed by atoms with van der Waals surface area (Å²) >= 11 is 5.52. The summed E-state index contributed by atoms with van der Waals surface area (Å²) in [4.78, 5) is 18.1. The number of nitrogens with zero attached hydrogens (tertiary/aromatic N) is 2. The number of piperazine rings is 1. The molecule has 0 radical (unpaired) electrons. The molecule has 0 spiro atoms. The van der Waals surface area contributed by atoms with Crippen LogP contribution < -0.4 is 10.2 Å². The predicted octanol–water partition coefficient (Wildman–Crippen LogP) is 2.17. The van der Waals surface area contributed by atoms with Crippen molar-refractivity contribution in [2.75, 3.05) is 45.1 Å². The fraction of sp³-hybridized carbons (Fsp3) is 0.417. The van der Waals surface area contributed by atoms with E-state index >= 15 is 0 Å². The lowest BCUT2D eigenvalue weighted by Gasteiger charge is -2.33. The number of nitrogens with one attached hydrogen (secondary N) is 2. The van der Waals surface area contributed by atoms with Crippen LogP contribution >= 0.6 is 12.2 Å². The van der Waals surface area contributed by atoms with Gasteiger partial charge in [0.2, 0.25) is 5.91 Å². The molecule has 1 aliphatic rings. The highest BCUT2D eigenvalue weighted by Gasteiger charge is 2.25. The van der Waals surface area contributed by atoms with Crippen LogP contribution in [-0.2, 0) is 11.3 Å². The highest BCUT2D eigenvalue weighted by molar-refractivity contribution is 7.80. The zero-order chi connectivity index (χ0) is 21.7. The van der Waals surface area contributed by atoms with Gasteiger partial charge in [-0.1, -0.05) is 42.0 Å². The first-order valence-electron chi connectivity index (χ1n) is 10.6. The third kappa shape index (κ3) is 6.03. The molecule has 30 heavy (non-hydrogen) atoms. The van der Waals surface area contributed by atoms with Crippen molar-refractivity contribution in [1.29, 1.82) is 0 Å².